The van der Waals surface area contributed by atoms with Gasteiger partial charge in [0.1, 0.15) is 17.4 Å². The lowest BCUT2D eigenvalue weighted by molar-refractivity contribution is -0.139. The number of hydrogen-bond acceptors (Lipinski definition) is 10. The van der Waals surface area contributed by atoms with Crippen LogP contribution in [0.3, 0.4) is 0 Å². The summed E-state index contributed by atoms with van der Waals surface area (Å²) in [5.41, 5.74) is -4.41. The Labute approximate surface area is 296 Å². The number of carbonyl (C=O) groups is 1. The van der Waals surface area contributed by atoms with E-state index < -0.39 is 78.7 Å². The number of methoxy groups -OCH3 is 1. The first kappa shape index (κ1) is 39.5. The number of ether oxygens (including phenoxy) is 2. The van der Waals surface area contributed by atoms with Crippen molar-refractivity contribution in [3.8, 4) is 5.75 Å². The van der Waals surface area contributed by atoms with Crippen molar-refractivity contribution in [2.24, 2.45) is 0 Å². The Hall–Kier alpha value is -4.66. The van der Waals surface area contributed by atoms with E-state index in [2.05, 4.69) is 25.7 Å². The van der Waals surface area contributed by atoms with Crippen molar-refractivity contribution in [2.45, 2.75) is 62.5 Å². The first-order chi connectivity index (χ1) is 24.9. The molecule has 0 radical (unpaired) electrons. The molecule has 0 saturated carbocycles. The molecule has 0 bridgehead atoms. The van der Waals surface area contributed by atoms with Crippen LogP contribution in [0.2, 0.25) is 0 Å². The van der Waals surface area contributed by atoms with Crippen molar-refractivity contribution >= 4 is 17.5 Å². The first-order valence-corrected chi connectivity index (χ1v) is 16.3. The number of halogens is 9. The molecular weight excluding hydrogens is 731 g/mol. The largest absolute Gasteiger partial charge is 0.497 e. The molecule has 5 rings (SSSR count). The summed E-state index contributed by atoms with van der Waals surface area (Å²) in [6.45, 7) is -1.89. The molecule has 2 fully saturated rings. The highest BCUT2D eigenvalue weighted by Crippen LogP contribution is 2.33. The van der Waals surface area contributed by atoms with Crippen LogP contribution >= 0.6 is 0 Å². The first-order valence-electron chi connectivity index (χ1n) is 16.3. The summed E-state index contributed by atoms with van der Waals surface area (Å²) in [7, 11) is 1.43. The van der Waals surface area contributed by atoms with Gasteiger partial charge in [-0.3, -0.25) is 9.59 Å². The van der Waals surface area contributed by atoms with E-state index in [4.69, 9.17) is 9.47 Å². The lowest BCUT2D eigenvalue weighted by Crippen LogP contribution is -2.47. The summed E-state index contributed by atoms with van der Waals surface area (Å²) < 4.78 is 132. The van der Waals surface area contributed by atoms with E-state index >= 15 is 0 Å². The van der Waals surface area contributed by atoms with Gasteiger partial charge in [-0.15, -0.1) is 0 Å². The summed E-state index contributed by atoms with van der Waals surface area (Å²) in [6, 6.07) is 4.66. The molecule has 0 spiro atoms. The summed E-state index contributed by atoms with van der Waals surface area (Å²) in [6.07, 6.45) is -12.2. The SMILES string of the molecule is COc1ccc(Cn2ncc(N[C@@H](CNCC(F)(F)F)CO[C@@H]3CCN(C4CCN(c5ncc(C(F)(F)F)cn5)CC4)C3=O)c(C(F)(F)F)c2=O)cc1. The molecule has 2 saturated heterocycles. The molecule has 2 aliphatic heterocycles. The van der Waals surface area contributed by atoms with Crippen LogP contribution in [0.4, 0.5) is 51.1 Å². The molecule has 4 heterocycles. The van der Waals surface area contributed by atoms with Gasteiger partial charge in [-0.05, 0) is 30.5 Å². The van der Waals surface area contributed by atoms with Gasteiger partial charge in [0.2, 0.25) is 5.95 Å². The number of nitrogens with zero attached hydrogens (tertiary/aromatic N) is 6. The Morgan fingerprint density at radius 2 is 1.55 bits per heavy atom. The van der Waals surface area contributed by atoms with Gasteiger partial charge in [-0.1, -0.05) is 12.1 Å². The van der Waals surface area contributed by atoms with Gasteiger partial charge in [0.25, 0.3) is 11.5 Å². The zero-order valence-corrected chi connectivity index (χ0v) is 28.1. The number of likely N-dealkylation sites (tertiary alicyclic amines) is 1. The molecule has 21 heteroatoms. The maximum Gasteiger partial charge on any atom is 0.423 e. The molecule has 12 nitrogen and oxygen atoms in total. The molecule has 290 valence electrons. The Balaban J connectivity index is 1.23. The minimum atomic E-state index is -5.18. The Kier molecular flexibility index (Phi) is 12.0. The molecule has 0 aliphatic carbocycles. The van der Waals surface area contributed by atoms with E-state index in [1.165, 1.54) is 7.11 Å². The van der Waals surface area contributed by atoms with Crippen LogP contribution in [0.25, 0.3) is 0 Å². The molecule has 1 amide bonds. The normalized spacial score (nSPS) is 18.1. The highest BCUT2D eigenvalue weighted by Gasteiger charge is 2.41. The fourth-order valence-corrected chi connectivity index (χ4v) is 6.08. The van der Waals surface area contributed by atoms with Crippen LogP contribution in [-0.2, 0) is 28.4 Å². The monoisotopic (exact) mass is 766 g/mol. The van der Waals surface area contributed by atoms with Crippen LogP contribution < -0.4 is 25.8 Å². The second-order valence-electron chi connectivity index (χ2n) is 12.5. The molecule has 2 N–H and O–H groups in total. The third-order valence-corrected chi connectivity index (χ3v) is 8.74. The van der Waals surface area contributed by atoms with E-state index in [9.17, 15) is 49.1 Å². The molecule has 0 unspecified atom stereocenters. The van der Waals surface area contributed by atoms with E-state index in [1.807, 2.05) is 0 Å². The topological polar surface area (TPSA) is 127 Å². The quantitative estimate of drug-likeness (QED) is 0.243. The fraction of sp³-hybridized carbons (Fsp3) is 0.531. The predicted octanol–water partition coefficient (Wildman–Crippen LogP) is 4.35. The minimum absolute atomic E-state index is 0.113. The Morgan fingerprint density at radius 1 is 0.887 bits per heavy atom. The van der Waals surface area contributed by atoms with Crippen molar-refractivity contribution in [1.82, 2.24) is 30.0 Å². The number of carbonyl (C=O) groups excluding carboxylic acids is 1. The van der Waals surface area contributed by atoms with E-state index in [-0.39, 0.29) is 31.5 Å². The van der Waals surface area contributed by atoms with Gasteiger partial charge in [-0.2, -0.15) is 44.6 Å². The van der Waals surface area contributed by atoms with Crippen LogP contribution in [0.1, 0.15) is 36.0 Å². The Bertz CT molecular complexity index is 1740. The van der Waals surface area contributed by atoms with E-state index in [0.29, 0.717) is 54.3 Å². The Morgan fingerprint density at radius 3 is 2.13 bits per heavy atom. The van der Waals surface area contributed by atoms with Gasteiger partial charge in [0.05, 0.1) is 50.3 Å². The third-order valence-electron chi connectivity index (χ3n) is 8.74. The van der Waals surface area contributed by atoms with Crippen LogP contribution in [0.15, 0.2) is 47.7 Å². The van der Waals surface area contributed by atoms with Gasteiger partial charge >= 0.3 is 18.5 Å². The van der Waals surface area contributed by atoms with Crippen molar-refractivity contribution in [3.63, 3.8) is 0 Å². The fourth-order valence-electron chi connectivity index (χ4n) is 6.08. The smallest absolute Gasteiger partial charge is 0.423 e. The number of aromatic nitrogens is 4. The number of hydrogen-bond donors (Lipinski definition) is 2. The number of alkyl halides is 9. The van der Waals surface area contributed by atoms with Crippen LogP contribution in [0, 0.1) is 0 Å². The molecule has 3 aromatic rings. The number of nitrogens with one attached hydrogen (secondary N) is 2. The zero-order valence-electron chi connectivity index (χ0n) is 28.1. The molecular formula is C32H35F9N8O4. The number of anilines is 2. The van der Waals surface area contributed by atoms with E-state index in [0.717, 1.165) is 6.20 Å². The van der Waals surface area contributed by atoms with Crippen molar-refractivity contribution in [3.05, 3.63) is 69.9 Å². The van der Waals surface area contributed by atoms with E-state index in [1.54, 1.807) is 34.1 Å². The van der Waals surface area contributed by atoms with Gasteiger partial charge in [0.15, 0.2) is 0 Å². The van der Waals surface area contributed by atoms with Crippen LogP contribution in [-0.4, -0.2) is 101 Å². The molecule has 1 aromatic carbocycles. The van der Waals surface area contributed by atoms with Crippen molar-refractivity contribution < 1.29 is 53.8 Å². The highest BCUT2D eigenvalue weighted by molar-refractivity contribution is 5.83. The highest BCUT2D eigenvalue weighted by atomic mass is 19.4. The maximum absolute atomic E-state index is 14.3. The average molecular weight is 767 g/mol. The maximum atomic E-state index is 14.3. The van der Waals surface area contributed by atoms with Crippen molar-refractivity contribution in [1.29, 1.82) is 0 Å². The van der Waals surface area contributed by atoms with Gasteiger partial charge in [0, 0.05) is 51.0 Å². The number of rotatable bonds is 13. The molecule has 2 aromatic heterocycles. The minimum Gasteiger partial charge on any atom is -0.497 e. The number of amides is 1. The summed E-state index contributed by atoms with van der Waals surface area (Å²) >= 11 is 0. The third kappa shape index (κ3) is 10.3. The second kappa shape index (κ2) is 16.1. The second-order valence-corrected chi connectivity index (χ2v) is 12.5. The van der Waals surface area contributed by atoms with Gasteiger partial charge in [-0.25, -0.2) is 14.6 Å². The summed E-state index contributed by atoms with van der Waals surface area (Å²) in [5, 5.41) is 8.44. The van der Waals surface area contributed by atoms with Gasteiger partial charge < -0.3 is 29.9 Å². The average Bonchev–Trinajstić information content (AvgIpc) is 3.46. The zero-order chi connectivity index (χ0) is 38.6. The molecule has 2 atom stereocenters. The molecule has 2 aliphatic rings. The lowest BCUT2D eigenvalue weighted by atomic mass is 10.0. The number of benzene rings is 1. The summed E-state index contributed by atoms with van der Waals surface area (Å²) in [5.74, 6) is 0.177. The van der Waals surface area contributed by atoms with Crippen molar-refractivity contribution in [2.75, 3.05) is 56.7 Å². The lowest BCUT2D eigenvalue weighted by Gasteiger charge is -2.36. The standard InChI is InChI=1S/C32H35F9N8O4/c1-52-23-4-2-19(3-5-23)16-49-28(51)26(32(39,40)41)24(15-45-49)46-21(14-42-18-30(33,34)35)17-53-25-8-11-48(27(25)50)22-6-9-47(10-7-22)29-43-12-20(13-44-29)31(36,37)38/h2-5,12-13,15,21-22,25,42,46H,6-11,14,16-18H2,1H3/t21-,25+/m0/s1. The molecule has 53 heavy (non-hydrogen) atoms. The predicted molar refractivity (Wildman–Crippen MR) is 170 cm³/mol. The number of piperidine rings is 1. The summed E-state index contributed by atoms with van der Waals surface area (Å²) in [4.78, 5) is 37.3. The van der Waals surface area contributed by atoms with Crippen LogP contribution in [0.5, 0.6) is 5.75 Å².